The van der Waals surface area contributed by atoms with Gasteiger partial charge in [-0.25, -0.2) is 9.59 Å². The Hall–Kier alpha value is -4.08. The van der Waals surface area contributed by atoms with Gasteiger partial charge in [-0.15, -0.1) is 0 Å². The molecule has 3 aromatic rings. The molecule has 5 rings (SSSR count). The van der Waals surface area contributed by atoms with Crippen molar-refractivity contribution in [3.8, 4) is 11.5 Å². The molecule has 0 bridgehead atoms. The molecule has 9 nitrogen and oxygen atoms in total. The SMILES string of the molecule is COC(=O)c1ccc(OC(C(=O)Cc2ccc(NC(=O)Nc3ccccc3Cl)c(OC)c2)N2CCC3CCCCC32)cc1. The number of amides is 2. The second-order valence-corrected chi connectivity index (χ2v) is 11.3. The third-order valence-electron chi connectivity index (χ3n) is 8.17. The van der Waals surface area contributed by atoms with Gasteiger partial charge in [-0.3, -0.25) is 9.69 Å². The summed E-state index contributed by atoms with van der Waals surface area (Å²) in [6.07, 6.45) is 4.96. The third-order valence-corrected chi connectivity index (χ3v) is 8.50. The van der Waals surface area contributed by atoms with E-state index < -0.39 is 18.2 Å². The number of fused-ring (bicyclic) bond motifs is 1. The lowest BCUT2D eigenvalue weighted by molar-refractivity contribution is -0.135. The summed E-state index contributed by atoms with van der Waals surface area (Å²) in [5, 5.41) is 5.93. The first-order valence-corrected chi connectivity index (χ1v) is 14.9. The van der Waals surface area contributed by atoms with Gasteiger partial charge in [-0.05, 0) is 79.3 Å². The Morgan fingerprint density at radius 3 is 2.42 bits per heavy atom. The number of Topliss-reactive ketones (excluding diaryl/α,β-unsaturated/α-hetero) is 1. The molecule has 3 aromatic carbocycles. The minimum Gasteiger partial charge on any atom is -0.495 e. The van der Waals surface area contributed by atoms with Gasteiger partial charge in [0.2, 0.25) is 6.23 Å². The van der Waals surface area contributed by atoms with Crippen molar-refractivity contribution in [3.63, 3.8) is 0 Å². The smallest absolute Gasteiger partial charge is 0.337 e. The van der Waals surface area contributed by atoms with E-state index in [9.17, 15) is 14.4 Å². The summed E-state index contributed by atoms with van der Waals surface area (Å²) in [7, 11) is 2.85. The summed E-state index contributed by atoms with van der Waals surface area (Å²) in [5.74, 6) is 0.979. The van der Waals surface area contributed by atoms with Crippen molar-refractivity contribution in [1.29, 1.82) is 0 Å². The number of benzene rings is 3. The summed E-state index contributed by atoms with van der Waals surface area (Å²) >= 11 is 6.15. The van der Waals surface area contributed by atoms with Crippen LogP contribution in [-0.2, 0) is 16.0 Å². The Bertz CT molecular complexity index is 1460. The van der Waals surface area contributed by atoms with Gasteiger partial charge in [-0.2, -0.15) is 0 Å². The Kier molecular flexibility index (Phi) is 9.84. The van der Waals surface area contributed by atoms with E-state index in [1.165, 1.54) is 27.1 Å². The molecule has 2 N–H and O–H groups in total. The number of likely N-dealkylation sites (tertiary alicyclic amines) is 1. The maximum absolute atomic E-state index is 13.9. The van der Waals surface area contributed by atoms with Crippen molar-refractivity contribution in [2.24, 2.45) is 5.92 Å². The van der Waals surface area contributed by atoms with E-state index in [-0.39, 0.29) is 12.2 Å². The summed E-state index contributed by atoms with van der Waals surface area (Å²) in [5.41, 5.74) is 2.07. The molecule has 0 aromatic heterocycles. The van der Waals surface area contributed by atoms with Crippen LogP contribution in [0, 0.1) is 5.92 Å². The van der Waals surface area contributed by atoms with Crippen molar-refractivity contribution in [3.05, 3.63) is 82.9 Å². The molecular weight excluding hydrogens is 570 g/mol. The predicted molar refractivity (Wildman–Crippen MR) is 165 cm³/mol. The molecule has 43 heavy (non-hydrogen) atoms. The summed E-state index contributed by atoms with van der Waals surface area (Å²) in [6, 6.07) is 18.7. The number of nitrogens with zero attached hydrogens (tertiary/aromatic N) is 1. The van der Waals surface area contributed by atoms with E-state index in [0.717, 1.165) is 31.4 Å². The van der Waals surface area contributed by atoms with Gasteiger partial charge in [-0.1, -0.05) is 42.6 Å². The number of anilines is 2. The molecule has 3 unspecified atom stereocenters. The standard InChI is InChI=1S/C33H36ClN3O6/c1-41-30-20-21(11-16-27(30)36-33(40)35-26-9-5-4-8-25(26)34)19-29(38)31(37-18-17-22-7-3-6-10-28(22)37)43-24-14-12-23(13-15-24)32(39)42-2/h4-5,8-9,11-16,20,22,28,31H,3,6-7,10,17-19H2,1-2H3,(H2,35,36,40). The lowest BCUT2D eigenvalue weighted by Crippen LogP contribution is -2.50. The number of hydrogen-bond donors (Lipinski definition) is 2. The van der Waals surface area contributed by atoms with Crippen LogP contribution in [0.25, 0.3) is 0 Å². The number of urea groups is 1. The fraction of sp³-hybridized carbons (Fsp3) is 0.364. The Morgan fingerprint density at radius 1 is 0.930 bits per heavy atom. The van der Waals surface area contributed by atoms with Crippen molar-refractivity contribution in [2.75, 3.05) is 31.4 Å². The lowest BCUT2D eigenvalue weighted by Gasteiger charge is -2.36. The molecule has 1 saturated heterocycles. The number of carbonyl (C=O) groups is 3. The molecule has 0 spiro atoms. The number of nitrogens with one attached hydrogen (secondary N) is 2. The minimum atomic E-state index is -0.776. The second kappa shape index (κ2) is 13.9. The Balaban J connectivity index is 1.32. The number of halogens is 1. The van der Waals surface area contributed by atoms with E-state index in [0.29, 0.717) is 45.4 Å². The van der Waals surface area contributed by atoms with Crippen molar-refractivity contribution in [1.82, 2.24) is 4.90 Å². The molecule has 0 radical (unpaired) electrons. The van der Waals surface area contributed by atoms with Crippen LogP contribution in [0.15, 0.2) is 66.7 Å². The first-order chi connectivity index (χ1) is 20.9. The highest BCUT2D eigenvalue weighted by Crippen LogP contribution is 2.38. The molecule has 1 aliphatic heterocycles. The highest BCUT2D eigenvalue weighted by atomic mass is 35.5. The summed E-state index contributed by atoms with van der Waals surface area (Å²) in [6.45, 7) is 0.790. The van der Waals surface area contributed by atoms with Crippen molar-refractivity contribution in [2.45, 2.75) is 50.8 Å². The second-order valence-electron chi connectivity index (χ2n) is 10.9. The van der Waals surface area contributed by atoms with Crippen LogP contribution in [0.2, 0.25) is 5.02 Å². The average molecular weight is 606 g/mol. The van der Waals surface area contributed by atoms with E-state index in [4.69, 9.17) is 25.8 Å². The van der Waals surface area contributed by atoms with Gasteiger partial charge < -0.3 is 24.8 Å². The van der Waals surface area contributed by atoms with Crippen molar-refractivity contribution < 1.29 is 28.6 Å². The molecule has 3 atom stereocenters. The van der Waals surface area contributed by atoms with Crippen LogP contribution >= 0.6 is 11.6 Å². The predicted octanol–water partition coefficient (Wildman–Crippen LogP) is 6.56. The molecule has 2 aliphatic rings. The number of hydrogen-bond acceptors (Lipinski definition) is 7. The van der Waals surface area contributed by atoms with Crippen LogP contribution in [0.3, 0.4) is 0 Å². The molecular formula is C33H36ClN3O6. The highest BCUT2D eigenvalue weighted by molar-refractivity contribution is 6.33. The van der Waals surface area contributed by atoms with Gasteiger partial charge in [0, 0.05) is 19.0 Å². The first-order valence-electron chi connectivity index (χ1n) is 14.5. The quantitative estimate of drug-likeness (QED) is 0.252. The largest absolute Gasteiger partial charge is 0.495 e. The molecule has 10 heteroatoms. The van der Waals surface area contributed by atoms with E-state index >= 15 is 0 Å². The number of ketones is 1. The number of methoxy groups -OCH3 is 2. The Morgan fingerprint density at radius 2 is 1.67 bits per heavy atom. The van der Waals surface area contributed by atoms with Gasteiger partial charge >= 0.3 is 12.0 Å². The van der Waals surface area contributed by atoms with Crippen LogP contribution in [-0.4, -0.2) is 55.7 Å². The molecule has 226 valence electrons. The lowest BCUT2D eigenvalue weighted by atomic mass is 9.85. The minimum absolute atomic E-state index is 0.0810. The Labute approximate surface area is 256 Å². The molecule has 1 aliphatic carbocycles. The third kappa shape index (κ3) is 7.29. The molecule has 2 amide bonds. The van der Waals surface area contributed by atoms with Crippen molar-refractivity contribution >= 4 is 40.8 Å². The van der Waals surface area contributed by atoms with Gasteiger partial charge in [0.15, 0.2) is 5.78 Å². The zero-order chi connectivity index (χ0) is 30.3. The van der Waals surface area contributed by atoms with E-state index in [1.807, 2.05) is 0 Å². The zero-order valence-corrected chi connectivity index (χ0v) is 25.1. The molecule has 1 heterocycles. The monoisotopic (exact) mass is 605 g/mol. The van der Waals surface area contributed by atoms with E-state index in [1.54, 1.807) is 66.7 Å². The number of ether oxygens (including phenoxy) is 3. The normalized spacial score (nSPS) is 18.7. The fourth-order valence-electron chi connectivity index (χ4n) is 6.04. The maximum Gasteiger partial charge on any atom is 0.337 e. The number of esters is 1. The highest BCUT2D eigenvalue weighted by Gasteiger charge is 2.42. The fourth-order valence-corrected chi connectivity index (χ4v) is 6.23. The summed E-state index contributed by atoms with van der Waals surface area (Å²) < 4.78 is 16.7. The topological polar surface area (TPSA) is 106 Å². The maximum atomic E-state index is 13.9. The average Bonchev–Trinajstić information content (AvgIpc) is 3.45. The first kappa shape index (κ1) is 30.4. The summed E-state index contributed by atoms with van der Waals surface area (Å²) in [4.78, 5) is 40.7. The van der Waals surface area contributed by atoms with Crippen LogP contribution in [0.4, 0.5) is 16.2 Å². The van der Waals surface area contributed by atoms with Gasteiger partial charge in [0.05, 0.1) is 36.2 Å². The van der Waals surface area contributed by atoms with E-state index in [2.05, 4.69) is 15.5 Å². The number of carbonyl (C=O) groups excluding carboxylic acids is 3. The van der Waals surface area contributed by atoms with Gasteiger partial charge in [0.1, 0.15) is 11.5 Å². The van der Waals surface area contributed by atoms with Crippen LogP contribution in [0.5, 0.6) is 11.5 Å². The van der Waals surface area contributed by atoms with Gasteiger partial charge in [0.25, 0.3) is 0 Å². The number of para-hydroxylation sites is 1. The number of rotatable bonds is 10. The molecule has 1 saturated carbocycles. The molecule has 2 fully saturated rings. The van der Waals surface area contributed by atoms with Crippen LogP contribution < -0.4 is 20.1 Å². The zero-order valence-electron chi connectivity index (χ0n) is 24.3. The van der Waals surface area contributed by atoms with Crippen LogP contribution in [0.1, 0.15) is 48.0 Å².